The zero-order valence-electron chi connectivity index (χ0n) is 17.1. The van der Waals surface area contributed by atoms with Crippen LogP contribution in [0.3, 0.4) is 0 Å². The van der Waals surface area contributed by atoms with Gasteiger partial charge in [-0.1, -0.05) is 27.7 Å². The zero-order chi connectivity index (χ0) is 18.0. The fourth-order valence-electron chi connectivity index (χ4n) is 2.88. The Labute approximate surface area is 172 Å². The number of halogens is 1. The third kappa shape index (κ3) is 9.96. The summed E-state index contributed by atoms with van der Waals surface area (Å²) in [5, 5.41) is 6.78. The third-order valence-electron chi connectivity index (χ3n) is 4.64. The van der Waals surface area contributed by atoms with E-state index in [0.29, 0.717) is 6.54 Å². The number of nitrogens with zero attached hydrogens (tertiary/aromatic N) is 3. The van der Waals surface area contributed by atoms with Gasteiger partial charge in [-0.2, -0.15) is 0 Å². The van der Waals surface area contributed by atoms with Gasteiger partial charge in [0.15, 0.2) is 5.96 Å². The Bertz CT molecular complexity index is 365. The van der Waals surface area contributed by atoms with Crippen molar-refractivity contribution in [3.63, 3.8) is 0 Å². The first kappa shape index (κ1) is 24.9. The average molecular weight is 469 g/mol. The van der Waals surface area contributed by atoms with Crippen LogP contribution in [0.2, 0.25) is 0 Å². The highest BCUT2D eigenvalue weighted by atomic mass is 127. The van der Waals surface area contributed by atoms with Crippen molar-refractivity contribution in [2.45, 2.75) is 40.7 Å². The minimum absolute atomic E-state index is 0. The average Bonchev–Trinajstić information content (AvgIpc) is 2.54. The molecule has 0 spiro atoms. The van der Waals surface area contributed by atoms with Crippen LogP contribution in [0.15, 0.2) is 4.99 Å². The summed E-state index contributed by atoms with van der Waals surface area (Å²) in [7, 11) is 1.77. The largest absolute Gasteiger partial charge is 0.379 e. The lowest BCUT2D eigenvalue weighted by atomic mass is 9.89. The van der Waals surface area contributed by atoms with Gasteiger partial charge in [0.2, 0.25) is 0 Å². The smallest absolute Gasteiger partial charge is 0.191 e. The summed E-state index contributed by atoms with van der Waals surface area (Å²) in [6.45, 7) is 20.3. The highest BCUT2D eigenvalue weighted by Gasteiger charge is 2.24. The number of piperazine rings is 1. The van der Waals surface area contributed by atoms with Crippen molar-refractivity contribution in [1.82, 2.24) is 20.4 Å². The summed E-state index contributed by atoms with van der Waals surface area (Å²) in [4.78, 5) is 9.73. The third-order valence-corrected chi connectivity index (χ3v) is 4.64. The molecule has 0 aromatic carbocycles. The molecule has 0 saturated carbocycles. The number of ether oxygens (including phenoxy) is 1. The number of methoxy groups -OCH3 is 1. The lowest BCUT2D eigenvalue weighted by molar-refractivity contribution is 0.0241. The summed E-state index contributed by atoms with van der Waals surface area (Å²) in [6.07, 6.45) is 0.120. The maximum atomic E-state index is 5.59. The molecule has 1 aliphatic rings. The van der Waals surface area contributed by atoms with Gasteiger partial charge in [0, 0.05) is 52.9 Å². The van der Waals surface area contributed by atoms with Crippen LogP contribution < -0.4 is 10.6 Å². The number of aliphatic imine (C=N–C) groups is 1. The van der Waals surface area contributed by atoms with Crippen LogP contribution in [0.1, 0.15) is 34.6 Å². The molecule has 0 radical (unpaired) electrons. The van der Waals surface area contributed by atoms with Gasteiger partial charge in [-0.3, -0.25) is 9.89 Å². The number of hydrogen-bond donors (Lipinski definition) is 2. The molecule has 0 amide bonds. The normalized spacial score (nSPS) is 18.6. The Morgan fingerprint density at radius 2 is 1.68 bits per heavy atom. The van der Waals surface area contributed by atoms with E-state index < -0.39 is 0 Å². The van der Waals surface area contributed by atoms with Crippen molar-refractivity contribution in [2.75, 3.05) is 66.0 Å². The molecule has 0 aromatic heterocycles. The van der Waals surface area contributed by atoms with Gasteiger partial charge in [0.1, 0.15) is 0 Å². The minimum Gasteiger partial charge on any atom is -0.379 e. The topological polar surface area (TPSA) is 52.1 Å². The van der Waals surface area contributed by atoms with Gasteiger partial charge in [-0.25, -0.2) is 0 Å². The van der Waals surface area contributed by atoms with Crippen LogP contribution >= 0.6 is 24.0 Å². The molecule has 25 heavy (non-hydrogen) atoms. The monoisotopic (exact) mass is 469 g/mol. The van der Waals surface area contributed by atoms with Crippen molar-refractivity contribution in [3.05, 3.63) is 0 Å². The highest BCUT2D eigenvalue weighted by Crippen LogP contribution is 2.21. The van der Waals surface area contributed by atoms with E-state index in [1.54, 1.807) is 7.11 Å². The molecule has 1 heterocycles. The Morgan fingerprint density at radius 1 is 1.08 bits per heavy atom. The van der Waals surface area contributed by atoms with Crippen LogP contribution in [-0.4, -0.2) is 87.9 Å². The molecule has 1 fully saturated rings. The summed E-state index contributed by atoms with van der Waals surface area (Å²) >= 11 is 0. The van der Waals surface area contributed by atoms with Gasteiger partial charge in [0.05, 0.1) is 12.6 Å². The van der Waals surface area contributed by atoms with Crippen molar-refractivity contribution < 1.29 is 4.74 Å². The molecule has 6 nitrogen and oxygen atoms in total. The summed E-state index contributed by atoms with van der Waals surface area (Å²) in [5.41, 5.74) is 0.0918. The van der Waals surface area contributed by atoms with Crippen LogP contribution in [0, 0.1) is 5.41 Å². The first-order valence-corrected chi connectivity index (χ1v) is 9.40. The molecular formula is C18H40IN5O. The van der Waals surface area contributed by atoms with Gasteiger partial charge < -0.3 is 20.3 Å². The summed E-state index contributed by atoms with van der Waals surface area (Å²) in [6, 6.07) is 0. The standard InChI is InChI=1S/C18H39N5O.HI/c1-7-19-17(21-15-16(24-6)18(3,4)5)20-9-10-23-13-11-22(8-2)12-14-23;/h16H,7-15H2,1-6H3,(H2,19,20,21);1H. The molecule has 2 N–H and O–H groups in total. The fourth-order valence-corrected chi connectivity index (χ4v) is 2.88. The molecule has 1 unspecified atom stereocenters. The Kier molecular flexibility index (Phi) is 13.0. The van der Waals surface area contributed by atoms with Gasteiger partial charge in [-0.15, -0.1) is 24.0 Å². The Hall–Kier alpha value is -0.120. The molecule has 1 atom stereocenters. The van der Waals surface area contributed by atoms with Crippen molar-refractivity contribution in [1.29, 1.82) is 0 Å². The second kappa shape index (κ2) is 13.1. The van der Waals surface area contributed by atoms with Gasteiger partial charge in [-0.05, 0) is 18.9 Å². The molecule has 1 rings (SSSR count). The first-order valence-electron chi connectivity index (χ1n) is 9.40. The molecule has 0 aliphatic carbocycles. The van der Waals surface area contributed by atoms with E-state index in [-0.39, 0.29) is 35.5 Å². The lowest BCUT2D eigenvalue weighted by Gasteiger charge is -2.34. The van der Waals surface area contributed by atoms with Crippen molar-refractivity contribution in [2.24, 2.45) is 10.4 Å². The lowest BCUT2D eigenvalue weighted by Crippen LogP contribution is -2.49. The molecular weight excluding hydrogens is 429 g/mol. The van der Waals surface area contributed by atoms with Crippen LogP contribution in [0.25, 0.3) is 0 Å². The van der Waals surface area contributed by atoms with E-state index in [2.05, 4.69) is 55.1 Å². The summed E-state index contributed by atoms with van der Waals surface area (Å²) in [5.74, 6) is 0.885. The molecule has 7 heteroatoms. The quantitative estimate of drug-likeness (QED) is 0.323. The van der Waals surface area contributed by atoms with Crippen LogP contribution in [-0.2, 0) is 4.74 Å². The second-order valence-corrected chi connectivity index (χ2v) is 7.51. The number of likely N-dealkylation sites (N-methyl/N-ethyl adjacent to an activating group) is 1. The minimum atomic E-state index is 0. The van der Waals surface area contributed by atoms with Gasteiger partial charge >= 0.3 is 0 Å². The SMILES string of the molecule is CCNC(=NCC(OC)C(C)(C)C)NCCN1CCN(CC)CC1.I. The van der Waals surface area contributed by atoms with Crippen molar-refractivity contribution in [3.8, 4) is 0 Å². The number of guanidine groups is 1. The predicted octanol–water partition coefficient (Wildman–Crippen LogP) is 1.86. The Balaban J connectivity index is 0.00000576. The van der Waals surface area contributed by atoms with Crippen molar-refractivity contribution >= 4 is 29.9 Å². The molecule has 0 aromatic rings. The van der Waals surface area contributed by atoms with E-state index in [9.17, 15) is 0 Å². The maximum absolute atomic E-state index is 5.59. The first-order chi connectivity index (χ1) is 11.4. The van der Waals surface area contributed by atoms with E-state index in [1.807, 2.05) is 0 Å². The van der Waals surface area contributed by atoms with E-state index >= 15 is 0 Å². The number of rotatable bonds is 8. The molecule has 0 bridgehead atoms. The van der Waals surface area contributed by atoms with E-state index in [0.717, 1.165) is 32.1 Å². The maximum Gasteiger partial charge on any atom is 0.191 e. The highest BCUT2D eigenvalue weighted by molar-refractivity contribution is 14.0. The zero-order valence-corrected chi connectivity index (χ0v) is 19.4. The van der Waals surface area contributed by atoms with E-state index in [4.69, 9.17) is 9.73 Å². The van der Waals surface area contributed by atoms with Gasteiger partial charge in [0.25, 0.3) is 0 Å². The number of nitrogens with one attached hydrogen (secondary N) is 2. The van der Waals surface area contributed by atoms with Crippen LogP contribution in [0.4, 0.5) is 0 Å². The molecule has 1 aliphatic heterocycles. The van der Waals surface area contributed by atoms with E-state index in [1.165, 1.54) is 26.2 Å². The van der Waals surface area contributed by atoms with Crippen LogP contribution in [0.5, 0.6) is 0 Å². The number of hydrogen-bond acceptors (Lipinski definition) is 4. The fraction of sp³-hybridized carbons (Fsp3) is 0.944. The second-order valence-electron chi connectivity index (χ2n) is 7.51. The predicted molar refractivity (Wildman–Crippen MR) is 118 cm³/mol. The Morgan fingerprint density at radius 3 is 2.16 bits per heavy atom. The molecule has 1 saturated heterocycles. The summed E-state index contributed by atoms with van der Waals surface area (Å²) < 4.78 is 5.59. The molecule has 150 valence electrons.